The van der Waals surface area contributed by atoms with Crippen molar-refractivity contribution in [1.29, 1.82) is 0 Å². The van der Waals surface area contributed by atoms with Gasteiger partial charge in [0.2, 0.25) is 18.6 Å². The van der Waals surface area contributed by atoms with Crippen LogP contribution in [-0.2, 0) is 29.1 Å². The molecule has 0 fully saturated rings. The lowest BCUT2D eigenvalue weighted by Crippen LogP contribution is -2.43. The van der Waals surface area contributed by atoms with E-state index in [-0.39, 0.29) is 38.1 Å². The van der Waals surface area contributed by atoms with Crippen LogP contribution < -0.4 is 19.5 Å². The van der Waals surface area contributed by atoms with E-state index < -0.39 is 6.04 Å². The summed E-state index contributed by atoms with van der Waals surface area (Å²) in [5, 5.41) is 3.63. The van der Waals surface area contributed by atoms with E-state index in [2.05, 4.69) is 5.32 Å². The fourth-order valence-electron chi connectivity index (χ4n) is 4.57. The minimum Gasteiger partial charge on any atom is -0.497 e. The van der Waals surface area contributed by atoms with Crippen molar-refractivity contribution in [3.63, 3.8) is 0 Å². The van der Waals surface area contributed by atoms with Crippen molar-refractivity contribution in [2.24, 2.45) is 0 Å². The van der Waals surface area contributed by atoms with Crippen LogP contribution in [0, 0.1) is 0 Å². The highest BCUT2D eigenvalue weighted by Gasteiger charge is 2.31. The second-order valence-corrected chi connectivity index (χ2v) is 9.83. The number of fused-ring (bicyclic) bond motifs is 1. The van der Waals surface area contributed by atoms with Gasteiger partial charge < -0.3 is 24.4 Å². The van der Waals surface area contributed by atoms with Gasteiger partial charge in [-0.2, -0.15) is 0 Å². The number of carbonyl (C=O) groups is 2. The molecule has 0 aromatic heterocycles. The van der Waals surface area contributed by atoms with E-state index in [9.17, 15) is 9.59 Å². The number of nitrogens with one attached hydrogen (secondary N) is 1. The lowest BCUT2D eigenvalue weighted by atomic mass is 10.0. The number of carbonyl (C=O) groups excluding carboxylic acids is 2. The summed E-state index contributed by atoms with van der Waals surface area (Å²) in [4.78, 5) is 29.4. The number of benzene rings is 4. The number of hydrogen-bond acceptors (Lipinski definition) is 5. The standard InChI is InChI=1S/C32H29ClN2O5/c1-38-27-14-9-23(10-15-27)20-35(30(36)18-22-7-12-26(33)13-8-22)31(25-5-3-2-4-6-25)32(37)34-19-24-11-16-28-29(17-24)40-21-39-28/h2-17,31H,18-21H2,1H3,(H,34,37). The van der Waals surface area contributed by atoms with Gasteiger partial charge in [0.15, 0.2) is 11.5 Å². The Morgan fingerprint density at radius 3 is 2.27 bits per heavy atom. The van der Waals surface area contributed by atoms with Gasteiger partial charge in [-0.05, 0) is 58.7 Å². The Kier molecular flexibility index (Phi) is 8.52. The van der Waals surface area contributed by atoms with Crippen LogP contribution in [0.3, 0.4) is 0 Å². The third-order valence-corrected chi connectivity index (χ3v) is 6.93. The predicted molar refractivity (Wildman–Crippen MR) is 152 cm³/mol. The summed E-state index contributed by atoms with van der Waals surface area (Å²) in [7, 11) is 1.60. The van der Waals surface area contributed by atoms with Crippen molar-refractivity contribution in [2.75, 3.05) is 13.9 Å². The van der Waals surface area contributed by atoms with Crippen LogP contribution in [0.4, 0.5) is 0 Å². The molecule has 1 N–H and O–H groups in total. The number of nitrogens with zero attached hydrogens (tertiary/aromatic N) is 1. The first-order chi connectivity index (χ1) is 19.5. The Morgan fingerprint density at radius 2 is 1.55 bits per heavy atom. The highest BCUT2D eigenvalue weighted by atomic mass is 35.5. The molecule has 4 aromatic rings. The summed E-state index contributed by atoms with van der Waals surface area (Å²) in [5.74, 6) is 1.55. The summed E-state index contributed by atoms with van der Waals surface area (Å²) in [6, 6.07) is 28.7. The molecule has 1 aliphatic rings. The number of amides is 2. The van der Waals surface area contributed by atoms with Crippen LogP contribution in [0.1, 0.15) is 28.3 Å². The van der Waals surface area contributed by atoms with Crippen LogP contribution >= 0.6 is 11.6 Å². The lowest BCUT2D eigenvalue weighted by molar-refractivity contribution is -0.141. The van der Waals surface area contributed by atoms with Crippen molar-refractivity contribution >= 4 is 23.4 Å². The molecular formula is C32H29ClN2O5. The molecule has 0 saturated carbocycles. The summed E-state index contributed by atoms with van der Waals surface area (Å²) < 4.78 is 16.2. The van der Waals surface area contributed by atoms with Crippen LogP contribution in [0.5, 0.6) is 17.2 Å². The highest BCUT2D eigenvalue weighted by molar-refractivity contribution is 6.30. The van der Waals surface area contributed by atoms with Crippen molar-refractivity contribution in [1.82, 2.24) is 10.2 Å². The van der Waals surface area contributed by atoms with E-state index in [0.29, 0.717) is 27.8 Å². The van der Waals surface area contributed by atoms with E-state index in [4.69, 9.17) is 25.8 Å². The normalized spacial score (nSPS) is 12.4. The molecule has 0 bridgehead atoms. The van der Waals surface area contributed by atoms with Crippen LogP contribution in [0.25, 0.3) is 0 Å². The zero-order valence-electron chi connectivity index (χ0n) is 22.0. The number of ether oxygens (including phenoxy) is 3. The molecule has 0 saturated heterocycles. The monoisotopic (exact) mass is 556 g/mol. The zero-order valence-corrected chi connectivity index (χ0v) is 22.8. The lowest BCUT2D eigenvalue weighted by Gasteiger charge is -2.32. The van der Waals surface area contributed by atoms with Gasteiger partial charge in [-0.25, -0.2) is 0 Å². The minimum atomic E-state index is -0.864. The number of methoxy groups -OCH3 is 1. The first-order valence-corrected chi connectivity index (χ1v) is 13.3. The average molecular weight is 557 g/mol. The summed E-state index contributed by atoms with van der Waals surface area (Å²) in [6.45, 7) is 0.672. The Morgan fingerprint density at radius 1 is 0.875 bits per heavy atom. The third-order valence-electron chi connectivity index (χ3n) is 6.68. The van der Waals surface area contributed by atoms with E-state index in [0.717, 1.165) is 16.7 Å². The molecule has 4 aromatic carbocycles. The molecule has 7 nitrogen and oxygen atoms in total. The van der Waals surface area contributed by atoms with Gasteiger partial charge in [0.1, 0.15) is 11.8 Å². The van der Waals surface area contributed by atoms with E-state index >= 15 is 0 Å². The maximum Gasteiger partial charge on any atom is 0.247 e. The molecule has 8 heteroatoms. The van der Waals surface area contributed by atoms with Gasteiger partial charge in [-0.15, -0.1) is 0 Å². The quantitative estimate of drug-likeness (QED) is 0.271. The molecule has 2 amide bonds. The van der Waals surface area contributed by atoms with Gasteiger partial charge in [-0.1, -0.05) is 72.3 Å². The highest BCUT2D eigenvalue weighted by Crippen LogP contribution is 2.32. The van der Waals surface area contributed by atoms with Gasteiger partial charge >= 0.3 is 0 Å². The van der Waals surface area contributed by atoms with Gasteiger partial charge in [0.05, 0.1) is 13.5 Å². The average Bonchev–Trinajstić information content (AvgIpc) is 3.46. The van der Waals surface area contributed by atoms with E-state index in [1.165, 1.54) is 0 Å². The maximum atomic E-state index is 13.9. The molecule has 0 radical (unpaired) electrons. The van der Waals surface area contributed by atoms with Gasteiger partial charge in [0.25, 0.3) is 0 Å². The van der Waals surface area contributed by atoms with Crippen molar-refractivity contribution in [3.8, 4) is 17.2 Å². The molecule has 40 heavy (non-hydrogen) atoms. The zero-order chi connectivity index (χ0) is 27.9. The summed E-state index contributed by atoms with van der Waals surface area (Å²) in [6.07, 6.45) is 0.117. The van der Waals surface area contributed by atoms with E-state index in [1.54, 1.807) is 24.1 Å². The van der Waals surface area contributed by atoms with Crippen LogP contribution in [0.2, 0.25) is 5.02 Å². The van der Waals surface area contributed by atoms with Gasteiger partial charge in [0, 0.05) is 18.1 Å². The molecule has 204 valence electrons. The number of rotatable bonds is 10. The maximum absolute atomic E-state index is 13.9. The molecule has 0 spiro atoms. The molecule has 1 heterocycles. The molecule has 1 atom stereocenters. The first kappa shape index (κ1) is 27.1. The largest absolute Gasteiger partial charge is 0.497 e. The van der Waals surface area contributed by atoms with Crippen LogP contribution in [0.15, 0.2) is 97.1 Å². The second-order valence-electron chi connectivity index (χ2n) is 9.39. The number of halogens is 1. The summed E-state index contributed by atoms with van der Waals surface area (Å²) >= 11 is 6.06. The molecule has 5 rings (SSSR count). The predicted octanol–water partition coefficient (Wildman–Crippen LogP) is 5.71. The molecule has 0 aliphatic carbocycles. The van der Waals surface area contributed by atoms with Crippen LogP contribution in [-0.4, -0.2) is 30.6 Å². The van der Waals surface area contributed by atoms with Crippen molar-refractivity contribution in [3.05, 3.63) is 124 Å². The smallest absolute Gasteiger partial charge is 0.247 e. The Balaban J connectivity index is 1.44. The number of hydrogen-bond donors (Lipinski definition) is 1. The fraction of sp³-hybridized carbons (Fsp3) is 0.188. The van der Waals surface area contributed by atoms with Crippen molar-refractivity contribution in [2.45, 2.75) is 25.6 Å². The SMILES string of the molecule is COc1ccc(CN(C(=O)Cc2ccc(Cl)cc2)C(C(=O)NCc2ccc3c(c2)OCO3)c2ccccc2)cc1. The fourth-order valence-corrected chi connectivity index (χ4v) is 4.70. The molecule has 1 aliphatic heterocycles. The summed E-state index contributed by atoms with van der Waals surface area (Å²) in [5.41, 5.74) is 3.25. The van der Waals surface area contributed by atoms with Crippen molar-refractivity contribution < 1.29 is 23.8 Å². The second kappa shape index (κ2) is 12.6. The first-order valence-electron chi connectivity index (χ1n) is 12.9. The van der Waals surface area contributed by atoms with E-state index in [1.807, 2.05) is 84.9 Å². The topological polar surface area (TPSA) is 77.1 Å². The third kappa shape index (κ3) is 6.55. The Hall–Kier alpha value is -4.49. The van der Waals surface area contributed by atoms with Gasteiger partial charge in [-0.3, -0.25) is 9.59 Å². The Bertz CT molecular complexity index is 1460. The minimum absolute atomic E-state index is 0.117. The molecular weight excluding hydrogens is 528 g/mol. The molecule has 1 unspecified atom stereocenters. The Labute approximate surface area is 238 Å².